The summed E-state index contributed by atoms with van der Waals surface area (Å²) in [7, 11) is 2.06. The van der Waals surface area contributed by atoms with Crippen LogP contribution < -0.4 is 10.2 Å². The largest absolute Gasteiger partial charge is 0.370 e. The van der Waals surface area contributed by atoms with E-state index >= 15 is 0 Å². The van der Waals surface area contributed by atoms with Crippen LogP contribution in [-0.2, 0) is 0 Å². The fraction of sp³-hybridized carbons (Fsp3) is 0.600. The Morgan fingerprint density at radius 3 is 2.78 bits per heavy atom. The maximum Gasteiger partial charge on any atom is 0.0426 e. The molecule has 1 aliphatic heterocycles. The molecule has 0 spiro atoms. The number of nitrogens with one attached hydrogen (secondary N) is 1. The van der Waals surface area contributed by atoms with Gasteiger partial charge >= 0.3 is 0 Å². The molecule has 18 heavy (non-hydrogen) atoms. The van der Waals surface area contributed by atoms with E-state index in [4.69, 9.17) is 11.6 Å². The van der Waals surface area contributed by atoms with Gasteiger partial charge in [-0.1, -0.05) is 31.5 Å². The first-order chi connectivity index (χ1) is 8.44. The maximum atomic E-state index is 6.12. The average molecular weight is 267 g/mol. The molecule has 100 valence electrons. The number of piperidine rings is 1. The first kappa shape index (κ1) is 13.7. The van der Waals surface area contributed by atoms with E-state index in [0.29, 0.717) is 11.5 Å². The van der Waals surface area contributed by atoms with E-state index in [0.717, 1.165) is 18.1 Å². The molecule has 1 N–H and O–H groups in total. The zero-order valence-electron chi connectivity index (χ0n) is 11.8. The molecular formula is C15H23ClN2. The Morgan fingerprint density at radius 2 is 2.11 bits per heavy atom. The number of anilines is 1. The van der Waals surface area contributed by atoms with Gasteiger partial charge in [0.25, 0.3) is 0 Å². The lowest BCUT2D eigenvalue weighted by molar-refractivity contribution is 0.208. The van der Waals surface area contributed by atoms with Gasteiger partial charge in [-0.3, -0.25) is 0 Å². The number of hydrogen-bond donors (Lipinski definition) is 1. The third kappa shape index (κ3) is 2.65. The van der Waals surface area contributed by atoms with Gasteiger partial charge in [-0.05, 0) is 43.5 Å². The number of hydrogen-bond acceptors (Lipinski definition) is 2. The Hall–Kier alpha value is -0.730. The lowest BCUT2D eigenvalue weighted by Gasteiger charge is -2.45. The number of nitrogens with zero attached hydrogens (tertiary/aromatic N) is 1. The summed E-state index contributed by atoms with van der Waals surface area (Å²) in [6.45, 7) is 8.99. The van der Waals surface area contributed by atoms with Crippen LogP contribution in [0.1, 0.15) is 25.8 Å². The molecule has 1 aromatic carbocycles. The quantitative estimate of drug-likeness (QED) is 0.882. The van der Waals surface area contributed by atoms with Crippen molar-refractivity contribution in [3.63, 3.8) is 0 Å². The molecule has 0 amide bonds. The van der Waals surface area contributed by atoms with Crippen molar-refractivity contribution in [1.82, 2.24) is 5.32 Å². The minimum Gasteiger partial charge on any atom is -0.370 e. The molecule has 1 saturated heterocycles. The average Bonchev–Trinajstić information content (AvgIpc) is 2.32. The Kier molecular flexibility index (Phi) is 3.88. The standard InChI is InChI=1S/C15H23ClN2/c1-11-5-6-12(16)9-13(11)18-8-7-15(2,3)14(10-18)17-4/h5-6,9,14,17H,7-8,10H2,1-4H3. The Morgan fingerprint density at radius 1 is 1.39 bits per heavy atom. The Balaban J connectivity index is 2.23. The minimum absolute atomic E-state index is 0.359. The molecule has 1 aliphatic rings. The van der Waals surface area contributed by atoms with Gasteiger partial charge in [-0.2, -0.15) is 0 Å². The van der Waals surface area contributed by atoms with Crippen LogP contribution in [0.25, 0.3) is 0 Å². The molecule has 0 radical (unpaired) electrons. The number of halogens is 1. The molecule has 0 aromatic heterocycles. The van der Waals surface area contributed by atoms with E-state index in [9.17, 15) is 0 Å². The van der Waals surface area contributed by atoms with Crippen LogP contribution in [0.5, 0.6) is 0 Å². The molecule has 1 aromatic rings. The number of likely N-dealkylation sites (N-methyl/N-ethyl adjacent to an activating group) is 1. The number of rotatable bonds is 2. The van der Waals surface area contributed by atoms with E-state index in [1.165, 1.54) is 17.7 Å². The van der Waals surface area contributed by atoms with Crippen LogP contribution in [0.2, 0.25) is 5.02 Å². The molecular weight excluding hydrogens is 244 g/mol. The minimum atomic E-state index is 0.359. The van der Waals surface area contributed by atoms with Crippen LogP contribution in [-0.4, -0.2) is 26.2 Å². The highest BCUT2D eigenvalue weighted by Gasteiger charge is 2.34. The van der Waals surface area contributed by atoms with Crippen molar-refractivity contribution in [2.45, 2.75) is 33.2 Å². The fourth-order valence-electron chi connectivity index (χ4n) is 2.78. The first-order valence-electron chi connectivity index (χ1n) is 6.62. The summed E-state index contributed by atoms with van der Waals surface area (Å²) in [6.07, 6.45) is 1.20. The molecule has 1 heterocycles. The van der Waals surface area contributed by atoms with Crippen molar-refractivity contribution in [2.24, 2.45) is 5.41 Å². The van der Waals surface area contributed by atoms with Crippen LogP contribution in [0.3, 0.4) is 0 Å². The third-order valence-electron chi connectivity index (χ3n) is 4.23. The summed E-state index contributed by atoms with van der Waals surface area (Å²) in [4.78, 5) is 2.45. The van der Waals surface area contributed by atoms with Crippen molar-refractivity contribution in [3.8, 4) is 0 Å². The monoisotopic (exact) mass is 266 g/mol. The van der Waals surface area contributed by atoms with Crippen molar-refractivity contribution in [1.29, 1.82) is 0 Å². The number of aryl methyl sites for hydroxylation is 1. The molecule has 1 atom stereocenters. The SMILES string of the molecule is CNC1CN(c2cc(Cl)ccc2C)CCC1(C)C. The lowest BCUT2D eigenvalue weighted by atomic mass is 9.78. The topological polar surface area (TPSA) is 15.3 Å². The van der Waals surface area contributed by atoms with Gasteiger partial charge < -0.3 is 10.2 Å². The normalized spacial score (nSPS) is 23.2. The second kappa shape index (κ2) is 5.10. The maximum absolute atomic E-state index is 6.12. The number of benzene rings is 1. The van der Waals surface area contributed by atoms with E-state index in [1.807, 2.05) is 6.07 Å². The zero-order valence-corrected chi connectivity index (χ0v) is 12.5. The summed E-state index contributed by atoms with van der Waals surface area (Å²) in [5.74, 6) is 0. The smallest absolute Gasteiger partial charge is 0.0426 e. The molecule has 3 heteroatoms. The van der Waals surface area contributed by atoms with Crippen LogP contribution in [0.4, 0.5) is 5.69 Å². The van der Waals surface area contributed by atoms with Gasteiger partial charge in [0.1, 0.15) is 0 Å². The van der Waals surface area contributed by atoms with Crippen molar-refractivity contribution in [2.75, 3.05) is 25.0 Å². The molecule has 0 saturated carbocycles. The van der Waals surface area contributed by atoms with Crippen LogP contribution in [0, 0.1) is 12.3 Å². The van der Waals surface area contributed by atoms with Gasteiger partial charge in [-0.15, -0.1) is 0 Å². The summed E-state index contributed by atoms with van der Waals surface area (Å²) in [5.41, 5.74) is 2.93. The van der Waals surface area contributed by atoms with Crippen molar-refractivity contribution in [3.05, 3.63) is 28.8 Å². The predicted molar refractivity (Wildman–Crippen MR) is 79.6 cm³/mol. The first-order valence-corrected chi connectivity index (χ1v) is 7.00. The summed E-state index contributed by atoms with van der Waals surface area (Å²) >= 11 is 6.12. The Bertz CT molecular complexity index is 429. The van der Waals surface area contributed by atoms with E-state index in [1.54, 1.807) is 0 Å². The van der Waals surface area contributed by atoms with E-state index in [2.05, 4.69) is 50.2 Å². The summed E-state index contributed by atoms with van der Waals surface area (Å²) < 4.78 is 0. The highest BCUT2D eigenvalue weighted by atomic mass is 35.5. The van der Waals surface area contributed by atoms with E-state index in [-0.39, 0.29) is 0 Å². The van der Waals surface area contributed by atoms with Crippen LogP contribution in [0.15, 0.2) is 18.2 Å². The Labute approximate surface area is 115 Å². The van der Waals surface area contributed by atoms with Gasteiger partial charge in [0, 0.05) is 29.8 Å². The van der Waals surface area contributed by atoms with Gasteiger partial charge in [-0.25, -0.2) is 0 Å². The molecule has 1 unspecified atom stereocenters. The van der Waals surface area contributed by atoms with Gasteiger partial charge in [0.2, 0.25) is 0 Å². The van der Waals surface area contributed by atoms with Gasteiger partial charge in [0.05, 0.1) is 0 Å². The zero-order chi connectivity index (χ0) is 13.3. The van der Waals surface area contributed by atoms with Crippen molar-refractivity contribution >= 4 is 17.3 Å². The molecule has 1 fully saturated rings. The second-order valence-corrected chi connectivity index (χ2v) is 6.39. The third-order valence-corrected chi connectivity index (χ3v) is 4.47. The lowest BCUT2D eigenvalue weighted by Crippen LogP contribution is -2.54. The predicted octanol–water partition coefficient (Wildman–Crippen LogP) is 3.47. The van der Waals surface area contributed by atoms with Gasteiger partial charge in [0.15, 0.2) is 0 Å². The van der Waals surface area contributed by atoms with Crippen LogP contribution >= 0.6 is 11.6 Å². The summed E-state index contributed by atoms with van der Waals surface area (Å²) in [5, 5.41) is 4.27. The fourth-order valence-corrected chi connectivity index (χ4v) is 2.95. The van der Waals surface area contributed by atoms with Crippen molar-refractivity contribution < 1.29 is 0 Å². The molecule has 0 bridgehead atoms. The molecule has 2 nitrogen and oxygen atoms in total. The second-order valence-electron chi connectivity index (χ2n) is 5.96. The molecule has 0 aliphatic carbocycles. The highest BCUT2D eigenvalue weighted by molar-refractivity contribution is 6.30. The van der Waals surface area contributed by atoms with E-state index < -0.39 is 0 Å². The summed E-state index contributed by atoms with van der Waals surface area (Å²) in [6, 6.07) is 6.67. The molecule has 2 rings (SSSR count). The highest BCUT2D eigenvalue weighted by Crippen LogP contribution is 2.34.